The second-order valence-corrected chi connectivity index (χ2v) is 8.98. The zero-order valence-corrected chi connectivity index (χ0v) is 20.7. The summed E-state index contributed by atoms with van der Waals surface area (Å²) in [5.41, 5.74) is 1.04. The highest BCUT2D eigenvalue weighted by Gasteiger charge is 2.27. The molecule has 1 aromatic carbocycles. The van der Waals surface area contributed by atoms with E-state index >= 15 is 0 Å². The van der Waals surface area contributed by atoms with Gasteiger partial charge in [-0.1, -0.05) is 56.3 Å². The summed E-state index contributed by atoms with van der Waals surface area (Å²) in [6.07, 6.45) is 4.66. The molecule has 7 nitrogen and oxygen atoms in total. The van der Waals surface area contributed by atoms with E-state index in [-0.39, 0.29) is 55.3 Å². The first kappa shape index (κ1) is 29.1. The molecule has 0 aliphatic carbocycles. The molecule has 3 N–H and O–H groups in total. The lowest BCUT2D eigenvalue weighted by molar-refractivity contribution is -0.150. The number of hydrogen-bond acceptors (Lipinski definition) is 5. The number of carbonyl (C=O) groups is 3. The van der Waals surface area contributed by atoms with Gasteiger partial charge in [-0.05, 0) is 37.7 Å². The van der Waals surface area contributed by atoms with Crippen LogP contribution in [0.3, 0.4) is 0 Å². The number of hydrogen-bond donors (Lipinski definition) is 3. The van der Waals surface area contributed by atoms with Gasteiger partial charge in [0.05, 0.1) is 24.5 Å². The zero-order chi connectivity index (χ0) is 25.5. The Morgan fingerprint density at radius 3 is 2.18 bits per heavy atom. The number of rotatable bonds is 16. The maximum Gasteiger partial charge on any atom is 0.309 e. The first-order valence-electron chi connectivity index (χ1n) is 11.8. The first-order valence-corrected chi connectivity index (χ1v) is 11.8. The van der Waals surface area contributed by atoms with Crippen LogP contribution in [0.4, 0.5) is 0 Å². The largest absolute Gasteiger partial charge is 0.463 e. The third-order valence-corrected chi connectivity index (χ3v) is 5.58. The minimum absolute atomic E-state index is 0.0105. The number of amides is 2. The lowest BCUT2D eigenvalue weighted by Crippen LogP contribution is -2.46. The third kappa shape index (κ3) is 10.8. The van der Waals surface area contributed by atoms with Crippen LogP contribution in [0.15, 0.2) is 55.6 Å². The van der Waals surface area contributed by atoms with Crippen LogP contribution in [0.1, 0.15) is 45.6 Å². The van der Waals surface area contributed by atoms with E-state index in [2.05, 4.69) is 23.8 Å². The van der Waals surface area contributed by atoms with Crippen molar-refractivity contribution in [2.75, 3.05) is 13.2 Å². The molecule has 0 saturated heterocycles. The highest BCUT2D eigenvalue weighted by molar-refractivity contribution is 5.86. The summed E-state index contributed by atoms with van der Waals surface area (Å²) in [6, 6.07) is 8.94. The Balaban J connectivity index is 2.75. The number of ether oxygens (including phenoxy) is 1. The molecule has 0 saturated carbocycles. The number of aliphatic hydroxyl groups is 1. The van der Waals surface area contributed by atoms with E-state index in [0.717, 1.165) is 5.56 Å². The van der Waals surface area contributed by atoms with Gasteiger partial charge in [0.1, 0.15) is 6.61 Å². The van der Waals surface area contributed by atoms with Crippen LogP contribution in [-0.4, -0.2) is 48.2 Å². The molecule has 188 valence electrons. The van der Waals surface area contributed by atoms with Gasteiger partial charge in [-0.3, -0.25) is 14.4 Å². The summed E-state index contributed by atoms with van der Waals surface area (Å²) >= 11 is 0. The average Bonchev–Trinajstić information content (AvgIpc) is 2.81. The highest BCUT2D eigenvalue weighted by atomic mass is 16.5. The summed E-state index contributed by atoms with van der Waals surface area (Å²) in [7, 11) is 0. The van der Waals surface area contributed by atoms with Crippen molar-refractivity contribution in [1.29, 1.82) is 0 Å². The molecular weight excluding hydrogens is 432 g/mol. The average molecular weight is 473 g/mol. The minimum Gasteiger partial charge on any atom is -0.463 e. The molecule has 0 unspecified atom stereocenters. The zero-order valence-electron chi connectivity index (χ0n) is 20.7. The van der Waals surface area contributed by atoms with E-state index in [1.807, 2.05) is 44.2 Å². The monoisotopic (exact) mass is 472 g/mol. The first-order chi connectivity index (χ1) is 16.2. The van der Waals surface area contributed by atoms with E-state index in [1.165, 1.54) is 0 Å². The van der Waals surface area contributed by atoms with Crippen molar-refractivity contribution < 1.29 is 24.2 Å². The predicted molar refractivity (Wildman–Crippen MR) is 134 cm³/mol. The van der Waals surface area contributed by atoms with Gasteiger partial charge in [0.15, 0.2) is 0 Å². The summed E-state index contributed by atoms with van der Waals surface area (Å²) < 4.78 is 5.61. The molecule has 1 rings (SSSR count). The number of carbonyl (C=O) groups excluding carboxylic acids is 3. The van der Waals surface area contributed by atoms with Crippen LogP contribution in [0.5, 0.6) is 0 Å². The van der Waals surface area contributed by atoms with Crippen molar-refractivity contribution in [1.82, 2.24) is 10.6 Å². The third-order valence-electron chi connectivity index (χ3n) is 5.58. The smallest absolute Gasteiger partial charge is 0.309 e. The molecule has 0 spiro atoms. The fraction of sp³-hybridized carbons (Fsp3) is 0.519. The Morgan fingerprint density at radius 2 is 1.62 bits per heavy atom. The van der Waals surface area contributed by atoms with Crippen molar-refractivity contribution in [3.05, 3.63) is 61.2 Å². The Hall–Kier alpha value is -2.93. The predicted octanol–water partition coefficient (Wildman–Crippen LogP) is 3.18. The van der Waals surface area contributed by atoms with E-state index in [4.69, 9.17) is 9.84 Å². The van der Waals surface area contributed by atoms with Crippen LogP contribution < -0.4 is 10.6 Å². The van der Waals surface area contributed by atoms with Crippen LogP contribution >= 0.6 is 0 Å². The number of allylic oxidation sites excluding steroid dienone is 2. The van der Waals surface area contributed by atoms with Crippen LogP contribution in [0, 0.1) is 17.8 Å². The SMILES string of the molecule is C=CC[C@@H](CC(=O)N[C@@H](C)CO)C(=O)N[C@H](COC(=O)[C@H](CC=C)Cc1ccccc1)C(C)C. The maximum atomic E-state index is 12.9. The van der Waals surface area contributed by atoms with Crippen LogP contribution in [-0.2, 0) is 25.5 Å². The van der Waals surface area contributed by atoms with Gasteiger partial charge in [0.25, 0.3) is 0 Å². The molecule has 2 amide bonds. The molecule has 0 fully saturated rings. The topological polar surface area (TPSA) is 105 Å². The van der Waals surface area contributed by atoms with E-state index in [9.17, 15) is 14.4 Å². The van der Waals surface area contributed by atoms with Gasteiger partial charge < -0.3 is 20.5 Å². The van der Waals surface area contributed by atoms with Gasteiger partial charge in [-0.2, -0.15) is 0 Å². The fourth-order valence-electron chi connectivity index (χ4n) is 3.44. The number of esters is 1. The molecule has 0 bridgehead atoms. The molecule has 0 heterocycles. The summed E-state index contributed by atoms with van der Waals surface area (Å²) in [4.78, 5) is 37.9. The molecule has 34 heavy (non-hydrogen) atoms. The second kappa shape index (κ2) is 15.8. The van der Waals surface area contributed by atoms with Gasteiger partial charge in [-0.15, -0.1) is 13.2 Å². The number of benzene rings is 1. The Labute approximate surface area is 203 Å². The summed E-state index contributed by atoms with van der Waals surface area (Å²) in [5, 5.41) is 14.7. The quantitative estimate of drug-likeness (QED) is 0.253. The molecule has 4 atom stereocenters. The van der Waals surface area contributed by atoms with Crippen molar-refractivity contribution in [2.24, 2.45) is 17.8 Å². The fourth-order valence-corrected chi connectivity index (χ4v) is 3.44. The lowest BCUT2D eigenvalue weighted by Gasteiger charge is -2.26. The Kier molecular flexibility index (Phi) is 13.5. The van der Waals surface area contributed by atoms with E-state index in [1.54, 1.807) is 19.1 Å². The molecule has 0 aliphatic heterocycles. The molecule has 0 aliphatic rings. The second-order valence-electron chi connectivity index (χ2n) is 8.98. The Morgan fingerprint density at radius 1 is 1.00 bits per heavy atom. The lowest BCUT2D eigenvalue weighted by atomic mass is 9.96. The molecular formula is C27H40N2O5. The van der Waals surface area contributed by atoms with Gasteiger partial charge in [-0.25, -0.2) is 0 Å². The minimum atomic E-state index is -0.605. The molecule has 7 heteroatoms. The van der Waals surface area contributed by atoms with Crippen molar-refractivity contribution in [3.63, 3.8) is 0 Å². The number of aliphatic hydroxyl groups excluding tert-OH is 1. The molecule has 1 aromatic rings. The highest BCUT2D eigenvalue weighted by Crippen LogP contribution is 2.16. The number of nitrogens with one attached hydrogen (secondary N) is 2. The summed E-state index contributed by atoms with van der Waals surface area (Å²) in [5.74, 6) is -1.89. The van der Waals surface area contributed by atoms with Gasteiger partial charge >= 0.3 is 5.97 Å². The van der Waals surface area contributed by atoms with Gasteiger partial charge in [0, 0.05) is 12.5 Å². The van der Waals surface area contributed by atoms with Crippen LogP contribution in [0.2, 0.25) is 0 Å². The van der Waals surface area contributed by atoms with Crippen molar-refractivity contribution >= 4 is 17.8 Å². The normalized spacial score (nSPS) is 14.4. The van der Waals surface area contributed by atoms with Gasteiger partial charge in [0.2, 0.25) is 11.8 Å². The van der Waals surface area contributed by atoms with Crippen LogP contribution in [0.25, 0.3) is 0 Å². The standard InChI is InChI=1S/C27H40N2O5/c1-6-11-22(16-25(31)28-20(5)17-30)26(32)29-24(19(3)4)18-34-27(33)23(12-7-2)15-21-13-9-8-10-14-21/h6-10,13-14,19-20,22-24,30H,1-2,11-12,15-18H2,3-5H3,(H,28,31)(H,29,32)/t20-,22-,23+,24+/m0/s1. The molecule has 0 aromatic heterocycles. The van der Waals surface area contributed by atoms with Crippen molar-refractivity contribution in [2.45, 2.75) is 58.5 Å². The maximum absolute atomic E-state index is 12.9. The van der Waals surface area contributed by atoms with E-state index < -0.39 is 12.0 Å². The Bertz CT molecular complexity index is 793. The van der Waals surface area contributed by atoms with E-state index in [0.29, 0.717) is 19.3 Å². The molecule has 0 radical (unpaired) electrons. The summed E-state index contributed by atoms with van der Waals surface area (Å²) in [6.45, 7) is 12.8. The van der Waals surface area contributed by atoms with Crippen molar-refractivity contribution in [3.8, 4) is 0 Å².